The van der Waals surface area contributed by atoms with Crippen LogP contribution in [0, 0.1) is 5.92 Å². The maximum absolute atomic E-state index is 11.8. The van der Waals surface area contributed by atoms with Crippen molar-refractivity contribution in [2.45, 2.75) is 13.8 Å². The van der Waals surface area contributed by atoms with Crippen LogP contribution in [-0.2, 0) is 0 Å². The largest absolute Gasteiger partial charge is 0.351 e. The second kappa shape index (κ2) is 4.35. The van der Waals surface area contributed by atoms with Crippen molar-refractivity contribution in [3.63, 3.8) is 0 Å². The average molecular weight is 217 g/mol. The molecule has 0 bridgehead atoms. The zero-order valence-electron chi connectivity index (χ0n) is 9.45. The lowest BCUT2D eigenvalue weighted by Crippen LogP contribution is -2.27. The Bertz CT molecular complexity index is 469. The van der Waals surface area contributed by atoms with Crippen molar-refractivity contribution in [3.05, 3.63) is 30.2 Å². The van der Waals surface area contributed by atoms with E-state index in [0.29, 0.717) is 18.2 Å². The summed E-state index contributed by atoms with van der Waals surface area (Å²) in [6.07, 6.45) is 3.44. The summed E-state index contributed by atoms with van der Waals surface area (Å²) in [5.41, 5.74) is 1.52. The van der Waals surface area contributed by atoms with E-state index in [1.807, 2.05) is 12.1 Å². The molecule has 16 heavy (non-hydrogen) atoms. The van der Waals surface area contributed by atoms with Crippen molar-refractivity contribution in [2.75, 3.05) is 6.54 Å². The Morgan fingerprint density at radius 2 is 2.38 bits per heavy atom. The van der Waals surface area contributed by atoms with Gasteiger partial charge in [-0.15, -0.1) is 0 Å². The van der Waals surface area contributed by atoms with Crippen molar-refractivity contribution < 1.29 is 4.79 Å². The number of hydrogen-bond acceptors (Lipinski definition) is 2. The van der Waals surface area contributed by atoms with Crippen molar-refractivity contribution >= 4 is 16.8 Å². The van der Waals surface area contributed by atoms with Crippen LogP contribution in [0.4, 0.5) is 0 Å². The fourth-order valence-electron chi connectivity index (χ4n) is 1.49. The minimum atomic E-state index is -0.0649. The van der Waals surface area contributed by atoms with Crippen LogP contribution in [0.15, 0.2) is 24.5 Å². The highest BCUT2D eigenvalue weighted by Gasteiger charge is 2.09. The molecule has 0 saturated carbocycles. The van der Waals surface area contributed by atoms with E-state index in [2.05, 4.69) is 29.1 Å². The minimum absolute atomic E-state index is 0.0649. The maximum Gasteiger partial charge on any atom is 0.267 e. The lowest BCUT2D eigenvalue weighted by molar-refractivity contribution is 0.0945. The molecule has 2 aromatic rings. The van der Waals surface area contributed by atoms with E-state index in [-0.39, 0.29) is 5.91 Å². The highest BCUT2D eigenvalue weighted by atomic mass is 16.1. The van der Waals surface area contributed by atoms with Gasteiger partial charge in [-0.25, -0.2) is 0 Å². The normalized spacial score (nSPS) is 10.9. The average Bonchev–Trinajstić information content (AvgIpc) is 2.69. The van der Waals surface area contributed by atoms with Crippen LogP contribution in [0.2, 0.25) is 0 Å². The van der Waals surface area contributed by atoms with Crippen molar-refractivity contribution in [1.29, 1.82) is 0 Å². The fourth-order valence-corrected chi connectivity index (χ4v) is 1.49. The number of pyridine rings is 1. The topological polar surface area (TPSA) is 57.8 Å². The first kappa shape index (κ1) is 10.7. The van der Waals surface area contributed by atoms with Gasteiger partial charge in [0.15, 0.2) is 0 Å². The number of fused-ring (bicyclic) bond motifs is 1. The van der Waals surface area contributed by atoms with Crippen LogP contribution in [0.3, 0.4) is 0 Å². The van der Waals surface area contributed by atoms with Gasteiger partial charge in [0, 0.05) is 29.8 Å². The summed E-state index contributed by atoms with van der Waals surface area (Å²) in [7, 11) is 0. The maximum atomic E-state index is 11.8. The summed E-state index contributed by atoms with van der Waals surface area (Å²) in [5.74, 6) is 0.389. The Labute approximate surface area is 94.1 Å². The molecule has 0 fully saturated rings. The van der Waals surface area contributed by atoms with E-state index >= 15 is 0 Å². The van der Waals surface area contributed by atoms with Crippen molar-refractivity contribution in [2.24, 2.45) is 5.92 Å². The van der Waals surface area contributed by atoms with Gasteiger partial charge < -0.3 is 10.3 Å². The fraction of sp³-hybridized carbons (Fsp3) is 0.333. The molecule has 0 aliphatic carbocycles. The Balaban J connectivity index is 2.17. The number of amides is 1. The van der Waals surface area contributed by atoms with Gasteiger partial charge in [-0.2, -0.15) is 0 Å². The van der Waals surface area contributed by atoms with Gasteiger partial charge in [0.25, 0.3) is 5.91 Å². The molecule has 4 nitrogen and oxygen atoms in total. The number of H-pyrrole nitrogens is 1. The van der Waals surface area contributed by atoms with Crippen LogP contribution in [-0.4, -0.2) is 22.4 Å². The molecule has 0 saturated heterocycles. The number of rotatable bonds is 3. The molecule has 2 N–H and O–H groups in total. The number of nitrogens with zero attached hydrogens (tertiary/aromatic N) is 1. The first-order chi connectivity index (χ1) is 7.66. The third kappa shape index (κ3) is 2.21. The van der Waals surface area contributed by atoms with Gasteiger partial charge in [0.2, 0.25) is 0 Å². The SMILES string of the molecule is CC(C)CNC(=O)c1cc2cnccc2[nH]1. The summed E-state index contributed by atoms with van der Waals surface area (Å²) < 4.78 is 0. The number of carbonyl (C=O) groups is 1. The van der Waals surface area contributed by atoms with E-state index < -0.39 is 0 Å². The monoisotopic (exact) mass is 217 g/mol. The molecule has 1 amide bonds. The Morgan fingerprint density at radius 3 is 3.06 bits per heavy atom. The van der Waals surface area contributed by atoms with Crippen LogP contribution in [0.1, 0.15) is 24.3 Å². The van der Waals surface area contributed by atoms with Crippen LogP contribution < -0.4 is 5.32 Å². The highest BCUT2D eigenvalue weighted by molar-refractivity contribution is 5.97. The molecule has 2 heterocycles. The molecule has 0 aromatic carbocycles. The third-order valence-corrected chi connectivity index (χ3v) is 2.34. The smallest absolute Gasteiger partial charge is 0.267 e. The standard InChI is InChI=1S/C12H15N3O/c1-8(2)6-14-12(16)11-5-9-7-13-4-3-10(9)15-11/h3-5,7-8,15H,6H2,1-2H3,(H,14,16). The van der Waals surface area contributed by atoms with Gasteiger partial charge in [0.1, 0.15) is 5.69 Å². The highest BCUT2D eigenvalue weighted by Crippen LogP contribution is 2.13. The number of aromatic amines is 1. The first-order valence-corrected chi connectivity index (χ1v) is 5.38. The Kier molecular flexibility index (Phi) is 2.90. The summed E-state index contributed by atoms with van der Waals surface area (Å²) in [4.78, 5) is 18.8. The molecule has 0 aliphatic rings. The lowest BCUT2D eigenvalue weighted by atomic mass is 10.2. The van der Waals surface area contributed by atoms with Gasteiger partial charge in [-0.1, -0.05) is 13.8 Å². The van der Waals surface area contributed by atoms with Crippen LogP contribution >= 0.6 is 0 Å². The molecule has 0 aliphatic heterocycles. The number of carbonyl (C=O) groups excluding carboxylic acids is 1. The van der Waals surface area contributed by atoms with E-state index in [0.717, 1.165) is 10.9 Å². The number of nitrogens with one attached hydrogen (secondary N) is 2. The van der Waals surface area contributed by atoms with E-state index in [1.165, 1.54) is 0 Å². The van der Waals surface area contributed by atoms with Gasteiger partial charge in [0.05, 0.1) is 0 Å². The number of aromatic nitrogens is 2. The molecular formula is C12H15N3O. The molecule has 84 valence electrons. The molecule has 0 spiro atoms. The molecule has 4 heteroatoms. The number of hydrogen-bond donors (Lipinski definition) is 2. The van der Waals surface area contributed by atoms with Gasteiger partial charge in [-0.3, -0.25) is 9.78 Å². The predicted molar refractivity (Wildman–Crippen MR) is 63.3 cm³/mol. The van der Waals surface area contributed by atoms with E-state index in [9.17, 15) is 4.79 Å². The minimum Gasteiger partial charge on any atom is -0.351 e. The summed E-state index contributed by atoms with van der Waals surface area (Å²) in [5, 5.41) is 3.82. The van der Waals surface area contributed by atoms with Gasteiger partial charge >= 0.3 is 0 Å². The zero-order chi connectivity index (χ0) is 11.5. The van der Waals surface area contributed by atoms with E-state index in [4.69, 9.17) is 0 Å². The lowest BCUT2D eigenvalue weighted by Gasteiger charge is -2.05. The molecule has 2 aromatic heterocycles. The third-order valence-electron chi connectivity index (χ3n) is 2.34. The summed E-state index contributed by atoms with van der Waals surface area (Å²) in [6.45, 7) is 4.82. The van der Waals surface area contributed by atoms with Crippen LogP contribution in [0.5, 0.6) is 0 Å². The first-order valence-electron chi connectivity index (χ1n) is 5.38. The molecular weight excluding hydrogens is 202 g/mol. The second-order valence-corrected chi connectivity index (χ2v) is 4.25. The Morgan fingerprint density at radius 1 is 1.56 bits per heavy atom. The van der Waals surface area contributed by atoms with Crippen molar-refractivity contribution in [3.8, 4) is 0 Å². The summed E-state index contributed by atoms with van der Waals surface area (Å²) >= 11 is 0. The molecule has 0 atom stereocenters. The Hall–Kier alpha value is -1.84. The van der Waals surface area contributed by atoms with E-state index in [1.54, 1.807) is 12.4 Å². The predicted octanol–water partition coefficient (Wildman–Crippen LogP) is 1.95. The quantitative estimate of drug-likeness (QED) is 0.825. The zero-order valence-corrected chi connectivity index (χ0v) is 9.45. The molecule has 0 unspecified atom stereocenters. The van der Waals surface area contributed by atoms with Crippen LogP contribution in [0.25, 0.3) is 10.9 Å². The molecule has 2 rings (SSSR count). The second-order valence-electron chi connectivity index (χ2n) is 4.25. The van der Waals surface area contributed by atoms with Crippen molar-refractivity contribution in [1.82, 2.24) is 15.3 Å². The molecule has 0 radical (unpaired) electrons. The van der Waals surface area contributed by atoms with Gasteiger partial charge in [-0.05, 0) is 18.1 Å². The summed E-state index contributed by atoms with van der Waals surface area (Å²) in [6, 6.07) is 3.67.